The summed E-state index contributed by atoms with van der Waals surface area (Å²) < 4.78 is 19.7. The molecule has 0 fully saturated rings. The van der Waals surface area contributed by atoms with Crippen LogP contribution in [0.2, 0.25) is 0 Å². The number of rotatable bonds is 3. The molecule has 0 saturated carbocycles. The van der Waals surface area contributed by atoms with Crippen LogP contribution in [0.25, 0.3) is 0 Å². The van der Waals surface area contributed by atoms with Crippen molar-refractivity contribution in [1.82, 2.24) is 0 Å². The molecule has 0 amide bonds. The summed E-state index contributed by atoms with van der Waals surface area (Å²) in [6, 6.07) is 12.1. The molecule has 0 bridgehead atoms. The molecule has 3 heteroatoms. The van der Waals surface area contributed by atoms with Gasteiger partial charge in [0.25, 0.3) is 0 Å². The van der Waals surface area contributed by atoms with Gasteiger partial charge in [-0.1, -0.05) is 45.0 Å². The highest BCUT2D eigenvalue weighted by Gasteiger charge is 2.17. The van der Waals surface area contributed by atoms with Crippen molar-refractivity contribution in [2.75, 3.05) is 0 Å². The Balaban J connectivity index is 2.39. The molecule has 0 aliphatic carbocycles. The van der Waals surface area contributed by atoms with E-state index in [1.807, 2.05) is 18.2 Å². The molecule has 2 nitrogen and oxygen atoms in total. The topological polar surface area (TPSA) is 29.5 Å². The van der Waals surface area contributed by atoms with Gasteiger partial charge in [-0.3, -0.25) is 0 Å². The Labute approximate surface area is 125 Å². The first-order valence-electron chi connectivity index (χ1n) is 7.04. The van der Waals surface area contributed by atoms with Crippen molar-refractivity contribution in [2.45, 2.75) is 39.2 Å². The van der Waals surface area contributed by atoms with Gasteiger partial charge >= 0.3 is 0 Å². The molecule has 1 N–H and O–H groups in total. The normalized spacial score (nSPS) is 13.0. The van der Waals surface area contributed by atoms with Gasteiger partial charge in [-0.05, 0) is 36.1 Å². The lowest BCUT2D eigenvalue weighted by Crippen LogP contribution is -2.10. The van der Waals surface area contributed by atoms with E-state index in [-0.39, 0.29) is 11.2 Å². The molecule has 0 heterocycles. The standard InChI is InChI=1S/C18H21FO2/c1-12(20)15-9-6-10-16(19)17(15)21-14-8-5-7-13(11-14)18(2,3)4/h5-12,20H,1-4H3. The van der Waals surface area contributed by atoms with Gasteiger partial charge in [-0.2, -0.15) is 0 Å². The van der Waals surface area contributed by atoms with Crippen molar-refractivity contribution in [3.63, 3.8) is 0 Å². The summed E-state index contributed by atoms with van der Waals surface area (Å²) in [7, 11) is 0. The number of aliphatic hydroxyl groups is 1. The maximum Gasteiger partial charge on any atom is 0.168 e. The number of halogens is 1. The van der Waals surface area contributed by atoms with Crippen LogP contribution in [0.4, 0.5) is 4.39 Å². The predicted molar refractivity (Wildman–Crippen MR) is 82.2 cm³/mol. The summed E-state index contributed by atoms with van der Waals surface area (Å²) in [5.41, 5.74) is 1.54. The van der Waals surface area contributed by atoms with Crippen LogP contribution >= 0.6 is 0 Å². The summed E-state index contributed by atoms with van der Waals surface area (Å²) in [4.78, 5) is 0. The Morgan fingerprint density at radius 2 is 1.76 bits per heavy atom. The van der Waals surface area contributed by atoms with Gasteiger partial charge in [-0.25, -0.2) is 4.39 Å². The minimum absolute atomic E-state index is 0.0122. The largest absolute Gasteiger partial charge is 0.454 e. The maximum absolute atomic E-state index is 14.0. The maximum atomic E-state index is 14.0. The van der Waals surface area contributed by atoms with Crippen molar-refractivity contribution in [3.8, 4) is 11.5 Å². The van der Waals surface area contributed by atoms with Crippen LogP contribution in [0.15, 0.2) is 42.5 Å². The highest BCUT2D eigenvalue weighted by Crippen LogP contribution is 2.34. The number of aliphatic hydroxyl groups excluding tert-OH is 1. The van der Waals surface area contributed by atoms with E-state index in [4.69, 9.17) is 4.74 Å². The summed E-state index contributed by atoms with van der Waals surface area (Å²) >= 11 is 0. The van der Waals surface area contributed by atoms with Crippen molar-refractivity contribution in [3.05, 3.63) is 59.4 Å². The summed E-state index contributed by atoms with van der Waals surface area (Å²) in [6.45, 7) is 7.91. The first kappa shape index (κ1) is 15.5. The van der Waals surface area contributed by atoms with E-state index in [9.17, 15) is 9.50 Å². The SMILES string of the molecule is CC(O)c1cccc(F)c1Oc1cccc(C(C)(C)C)c1. The number of hydrogen-bond acceptors (Lipinski definition) is 2. The van der Waals surface area contributed by atoms with E-state index in [1.165, 1.54) is 6.07 Å². The number of benzene rings is 2. The molecule has 0 saturated heterocycles. The fourth-order valence-corrected chi connectivity index (χ4v) is 2.11. The van der Waals surface area contributed by atoms with E-state index in [0.717, 1.165) is 5.56 Å². The number of hydrogen-bond donors (Lipinski definition) is 1. The lowest BCUT2D eigenvalue weighted by atomic mass is 9.87. The molecule has 2 rings (SSSR count). The zero-order valence-electron chi connectivity index (χ0n) is 12.9. The average molecular weight is 288 g/mol. The molecule has 112 valence electrons. The minimum Gasteiger partial charge on any atom is -0.454 e. The second-order valence-corrected chi connectivity index (χ2v) is 6.21. The first-order valence-corrected chi connectivity index (χ1v) is 7.04. The Hall–Kier alpha value is -1.87. The monoisotopic (exact) mass is 288 g/mol. The summed E-state index contributed by atoms with van der Waals surface area (Å²) in [5, 5.41) is 9.74. The van der Waals surface area contributed by atoms with Gasteiger partial charge in [-0.15, -0.1) is 0 Å². The summed E-state index contributed by atoms with van der Waals surface area (Å²) in [5.74, 6) is 0.169. The van der Waals surface area contributed by atoms with Crippen LogP contribution in [-0.2, 0) is 5.41 Å². The van der Waals surface area contributed by atoms with E-state index < -0.39 is 11.9 Å². The van der Waals surface area contributed by atoms with Gasteiger partial charge in [0, 0.05) is 5.56 Å². The molecular formula is C18H21FO2. The summed E-state index contributed by atoms with van der Waals surface area (Å²) in [6.07, 6.45) is -0.790. The van der Waals surface area contributed by atoms with Gasteiger partial charge in [0.15, 0.2) is 11.6 Å². The van der Waals surface area contributed by atoms with Crippen LogP contribution in [-0.4, -0.2) is 5.11 Å². The Morgan fingerprint density at radius 1 is 1.10 bits per heavy atom. The Kier molecular flexibility index (Phi) is 4.33. The van der Waals surface area contributed by atoms with Crippen LogP contribution in [0, 0.1) is 5.82 Å². The van der Waals surface area contributed by atoms with E-state index >= 15 is 0 Å². The Bertz CT molecular complexity index is 627. The van der Waals surface area contributed by atoms with Crippen LogP contribution in [0.5, 0.6) is 11.5 Å². The van der Waals surface area contributed by atoms with Crippen LogP contribution in [0.3, 0.4) is 0 Å². The molecule has 1 unspecified atom stereocenters. The zero-order valence-corrected chi connectivity index (χ0v) is 12.9. The van der Waals surface area contributed by atoms with Gasteiger partial charge in [0.2, 0.25) is 0 Å². The molecule has 0 aromatic heterocycles. The average Bonchev–Trinajstić information content (AvgIpc) is 2.40. The number of ether oxygens (including phenoxy) is 1. The lowest BCUT2D eigenvalue weighted by Gasteiger charge is -2.20. The van der Waals surface area contributed by atoms with Crippen molar-refractivity contribution in [2.24, 2.45) is 0 Å². The Morgan fingerprint density at radius 3 is 2.38 bits per heavy atom. The van der Waals surface area contributed by atoms with E-state index in [1.54, 1.807) is 25.1 Å². The molecular weight excluding hydrogens is 267 g/mol. The van der Waals surface area contributed by atoms with Crippen LogP contribution in [0.1, 0.15) is 44.9 Å². The second-order valence-electron chi connectivity index (χ2n) is 6.21. The smallest absolute Gasteiger partial charge is 0.168 e. The van der Waals surface area contributed by atoms with Crippen molar-refractivity contribution in [1.29, 1.82) is 0 Å². The lowest BCUT2D eigenvalue weighted by molar-refractivity contribution is 0.194. The third-order valence-corrected chi connectivity index (χ3v) is 3.37. The van der Waals surface area contributed by atoms with Gasteiger partial charge < -0.3 is 9.84 Å². The van der Waals surface area contributed by atoms with E-state index in [0.29, 0.717) is 11.3 Å². The quantitative estimate of drug-likeness (QED) is 0.864. The fraction of sp³-hybridized carbons (Fsp3) is 0.333. The highest BCUT2D eigenvalue weighted by atomic mass is 19.1. The number of para-hydroxylation sites is 1. The zero-order chi connectivity index (χ0) is 15.6. The molecule has 1 atom stereocenters. The predicted octanol–water partition coefficient (Wildman–Crippen LogP) is 4.97. The third kappa shape index (κ3) is 3.61. The molecule has 0 spiro atoms. The molecule has 2 aromatic carbocycles. The highest BCUT2D eigenvalue weighted by molar-refractivity contribution is 5.41. The molecule has 0 aliphatic heterocycles. The molecule has 2 aromatic rings. The van der Waals surface area contributed by atoms with Gasteiger partial charge in [0.1, 0.15) is 5.75 Å². The minimum atomic E-state index is -0.790. The van der Waals surface area contributed by atoms with Gasteiger partial charge in [0.05, 0.1) is 6.10 Å². The van der Waals surface area contributed by atoms with E-state index in [2.05, 4.69) is 20.8 Å². The molecule has 0 radical (unpaired) electrons. The second kappa shape index (κ2) is 5.86. The fourth-order valence-electron chi connectivity index (χ4n) is 2.11. The van der Waals surface area contributed by atoms with Crippen molar-refractivity contribution < 1.29 is 14.2 Å². The first-order chi connectivity index (χ1) is 9.79. The van der Waals surface area contributed by atoms with Crippen LogP contribution < -0.4 is 4.74 Å². The molecule has 0 aliphatic rings. The van der Waals surface area contributed by atoms with Crippen molar-refractivity contribution >= 4 is 0 Å². The third-order valence-electron chi connectivity index (χ3n) is 3.37. The molecule has 21 heavy (non-hydrogen) atoms.